The molecule has 0 aliphatic carbocycles. The lowest BCUT2D eigenvalue weighted by Gasteiger charge is -2.26. The SMILES string of the molecule is CSCCCC1(C)CN(CC(=O)Nc2cccc(C(=O)OC(C)C)c2)N=C1c1ccc(Cl)cc1. The number of esters is 1. The number of hydrogen-bond donors (Lipinski definition) is 1. The molecule has 0 bridgehead atoms. The van der Waals surface area contributed by atoms with Crippen LogP contribution < -0.4 is 5.32 Å². The molecule has 3 rings (SSSR count). The van der Waals surface area contributed by atoms with Crippen molar-refractivity contribution >= 4 is 46.6 Å². The first-order chi connectivity index (χ1) is 16.2. The van der Waals surface area contributed by atoms with E-state index in [9.17, 15) is 9.59 Å². The lowest BCUT2D eigenvalue weighted by atomic mass is 9.78. The number of rotatable bonds is 10. The van der Waals surface area contributed by atoms with Crippen LogP contribution in [0.5, 0.6) is 0 Å². The summed E-state index contributed by atoms with van der Waals surface area (Å²) in [5.74, 6) is 0.477. The highest BCUT2D eigenvalue weighted by Crippen LogP contribution is 2.36. The number of carbonyl (C=O) groups is 2. The topological polar surface area (TPSA) is 71.0 Å². The van der Waals surface area contributed by atoms with Crippen LogP contribution in [0.3, 0.4) is 0 Å². The summed E-state index contributed by atoms with van der Waals surface area (Å²) in [5, 5.41) is 10.2. The molecule has 1 N–H and O–H groups in total. The number of benzene rings is 2. The molecule has 1 heterocycles. The van der Waals surface area contributed by atoms with Gasteiger partial charge < -0.3 is 10.1 Å². The fourth-order valence-corrected chi connectivity index (χ4v) is 4.62. The Hall–Kier alpha value is -2.51. The zero-order valence-electron chi connectivity index (χ0n) is 20.1. The van der Waals surface area contributed by atoms with Gasteiger partial charge in [0.2, 0.25) is 5.91 Å². The third-order valence-electron chi connectivity index (χ3n) is 5.59. The van der Waals surface area contributed by atoms with Gasteiger partial charge in [-0.15, -0.1) is 0 Å². The molecule has 8 heteroatoms. The standard InChI is InChI=1S/C26H32ClN3O3S/c1-18(2)33-25(32)20-7-5-8-22(15-20)28-23(31)16-30-17-26(3,13-6-14-34-4)24(29-30)19-9-11-21(27)12-10-19/h5,7-12,15,18H,6,13-14,16-17H2,1-4H3,(H,28,31). The van der Waals surface area contributed by atoms with Crippen LogP contribution in [0.2, 0.25) is 5.02 Å². The molecule has 2 aromatic carbocycles. The van der Waals surface area contributed by atoms with E-state index in [1.54, 1.807) is 38.1 Å². The van der Waals surface area contributed by atoms with Crippen molar-refractivity contribution < 1.29 is 14.3 Å². The lowest BCUT2D eigenvalue weighted by Crippen LogP contribution is -2.34. The van der Waals surface area contributed by atoms with Crippen molar-refractivity contribution in [2.45, 2.75) is 39.7 Å². The summed E-state index contributed by atoms with van der Waals surface area (Å²) in [5.41, 5.74) is 2.79. The smallest absolute Gasteiger partial charge is 0.338 e. The van der Waals surface area contributed by atoms with Crippen LogP contribution in [-0.4, -0.2) is 53.8 Å². The minimum atomic E-state index is -0.413. The van der Waals surface area contributed by atoms with E-state index >= 15 is 0 Å². The van der Waals surface area contributed by atoms with Gasteiger partial charge in [0, 0.05) is 22.7 Å². The fraction of sp³-hybridized carbons (Fsp3) is 0.423. The Morgan fingerprint density at radius 3 is 2.65 bits per heavy atom. The molecule has 0 spiro atoms. The maximum absolute atomic E-state index is 12.8. The van der Waals surface area contributed by atoms with Crippen LogP contribution >= 0.6 is 23.4 Å². The number of thioether (sulfide) groups is 1. The van der Waals surface area contributed by atoms with Crippen LogP contribution in [0.25, 0.3) is 0 Å². The van der Waals surface area contributed by atoms with Gasteiger partial charge in [0.15, 0.2) is 0 Å². The first kappa shape index (κ1) is 26.1. The van der Waals surface area contributed by atoms with Gasteiger partial charge in [-0.25, -0.2) is 4.79 Å². The zero-order valence-corrected chi connectivity index (χ0v) is 21.7. The van der Waals surface area contributed by atoms with Crippen LogP contribution in [-0.2, 0) is 9.53 Å². The van der Waals surface area contributed by atoms with E-state index < -0.39 is 5.97 Å². The highest BCUT2D eigenvalue weighted by atomic mass is 35.5. The molecule has 1 atom stereocenters. The van der Waals surface area contributed by atoms with Crippen molar-refractivity contribution in [2.75, 3.05) is 30.4 Å². The maximum Gasteiger partial charge on any atom is 0.338 e. The van der Waals surface area contributed by atoms with Gasteiger partial charge in [-0.05, 0) is 74.6 Å². The van der Waals surface area contributed by atoms with Crippen molar-refractivity contribution in [1.29, 1.82) is 0 Å². The largest absolute Gasteiger partial charge is 0.459 e. The molecular weight excluding hydrogens is 470 g/mol. The average Bonchev–Trinajstić information content (AvgIpc) is 3.10. The lowest BCUT2D eigenvalue weighted by molar-refractivity contribution is -0.117. The molecule has 0 radical (unpaired) electrons. The van der Waals surface area contributed by atoms with Gasteiger partial charge >= 0.3 is 5.97 Å². The molecule has 1 amide bonds. The van der Waals surface area contributed by atoms with E-state index in [1.165, 1.54) is 0 Å². The third-order valence-corrected chi connectivity index (χ3v) is 6.54. The first-order valence-electron chi connectivity index (χ1n) is 11.4. The number of hydrogen-bond acceptors (Lipinski definition) is 6. The number of amides is 1. The van der Waals surface area contributed by atoms with Crippen molar-refractivity contribution in [2.24, 2.45) is 10.5 Å². The van der Waals surface area contributed by atoms with E-state index in [-0.39, 0.29) is 24.0 Å². The van der Waals surface area contributed by atoms with E-state index in [0.717, 1.165) is 29.9 Å². The van der Waals surface area contributed by atoms with Crippen LogP contribution in [0.4, 0.5) is 5.69 Å². The van der Waals surface area contributed by atoms with Crippen molar-refractivity contribution in [1.82, 2.24) is 5.01 Å². The number of nitrogens with zero attached hydrogens (tertiary/aromatic N) is 2. The Morgan fingerprint density at radius 2 is 1.97 bits per heavy atom. The Balaban J connectivity index is 1.71. The molecule has 1 aliphatic heterocycles. The maximum atomic E-state index is 12.8. The fourth-order valence-electron chi connectivity index (χ4n) is 4.06. The average molecular weight is 502 g/mol. The summed E-state index contributed by atoms with van der Waals surface area (Å²) in [6.45, 7) is 6.59. The molecule has 1 aliphatic rings. The first-order valence-corrected chi connectivity index (χ1v) is 13.2. The Bertz CT molecular complexity index is 1040. The van der Waals surface area contributed by atoms with E-state index in [2.05, 4.69) is 18.5 Å². The quantitative estimate of drug-likeness (QED) is 0.333. The number of anilines is 1. The molecule has 0 aromatic heterocycles. The van der Waals surface area contributed by atoms with Gasteiger partial charge in [-0.2, -0.15) is 16.9 Å². The summed E-state index contributed by atoms with van der Waals surface area (Å²) >= 11 is 7.92. The van der Waals surface area contributed by atoms with Gasteiger partial charge in [-0.1, -0.05) is 36.7 Å². The molecule has 0 saturated heterocycles. The van der Waals surface area contributed by atoms with Crippen molar-refractivity contribution in [3.8, 4) is 0 Å². The summed E-state index contributed by atoms with van der Waals surface area (Å²) in [4.78, 5) is 25.0. The predicted molar refractivity (Wildman–Crippen MR) is 141 cm³/mol. The molecule has 6 nitrogen and oxygen atoms in total. The number of halogens is 1. The van der Waals surface area contributed by atoms with Crippen LogP contribution in [0, 0.1) is 5.41 Å². The molecular formula is C26H32ClN3O3S. The number of nitrogens with one attached hydrogen (secondary N) is 1. The number of ether oxygens (including phenoxy) is 1. The molecule has 34 heavy (non-hydrogen) atoms. The van der Waals surface area contributed by atoms with E-state index in [1.807, 2.05) is 41.0 Å². The van der Waals surface area contributed by atoms with E-state index in [4.69, 9.17) is 21.4 Å². The van der Waals surface area contributed by atoms with Gasteiger partial charge in [0.25, 0.3) is 0 Å². The number of hydrazone groups is 1. The minimum absolute atomic E-state index is 0.121. The summed E-state index contributed by atoms with van der Waals surface area (Å²) in [7, 11) is 0. The van der Waals surface area contributed by atoms with Crippen molar-refractivity contribution in [3.63, 3.8) is 0 Å². The van der Waals surface area contributed by atoms with Gasteiger partial charge in [0.05, 0.1) is 17.4 Å². The third kappa shape index (κ3) is 7.00. The zero-order chi connectivity index (χ0) is 24.7. The van der Waals surface area contributed by atoms with Crippen molar-refractivity contribution in [3.05, 3.63) is 64.7 Å². The second-order valence-electron chi connectivity index (χ2n) is 9.02. The van der Waals surface area contributed by atoms with Gasteiger partial charge in [-0.3, -0.25) is 9.80 Å². The summed E-state index contributed by atoms with van der Waals surface area (Å²) in [6, 6.07) is 14.5. The minimum Gasteiger partial charge on any atom is -0.459 e. The highest BCUT2D eigenvalue weighted by molar-refractivity contribution is 7.98. The molecule has 182 valence electrons. The van der Waals surface area contributed by atoms with Gasteiger partial charge in [0.1, 0.15) is 6.54 Å². The Morgan fingerprint density at radius 1 is 1.24 bits per heavy atom. The summed E-state index contributed by atoms with van der Waals surface area (Å²) in [6.07, 6.45) is 3.95. The molecule has 2 aromatic rings. The monoisotopic (exact) mass is 501 g/mol. The second-order valence-corrected chi connectivity index (χ2v) is 10.4. The summed E-state index contributed by atoms with van der Waals surface area (Å²) < 4.78 is 5.24. The molecule has 1 unspecified atom stereocenters. The Kier molecular flexibility index (Phi) is 9.03. The van der Waals surface area contributed by atoms with Crippen LogP contribution in [0.1, 0.15) is 49.5 Å². The normalized spacial score (nSPS) is 17.6. The molecule has 0 fully saturated rings. The Labute approximate surface area is 211 Å². The molecule has 0 saturated carbocycles. The second kappa shape index (κ2) is 11.8. The van der Waals surface area contributed by atoms with Crippen LogP contribution in [0.15, 0.2) is 53.6 Å². The van der Waals surface area contributed by atoms with E-state index in [0.29, 0.717) is 22.8 Å². The highest BCUT2D eigenvalue weighted by Gasteiger charge is 2.39. The number of carbonyl (C=O) groups excluding carboxylic acids is 2. The predicted octanol–water partition coefficient (Wildman–Crippen LogP) is 5.71.